The molecule has 11 nitrogen and oxygen atoms in total. The second-order valence-electron chi connectivity index (χ2n) is 12.8. The molecular formula is C29H34O11. The number of carbonyl (C=O) groups is 2. The number of cyclic esters (lactones) is 1. The molecule has 5 saturated heterocycles. The van der Waals surface area contributed by atoms with Crippen LogP contribution in [0.4, 0.5) is 0 Å². The fraction of sp³-hybridized carbons (Fsp3) is 0.724. The minimum absolute atomic E-state index is 0.0345. The Morgan fingerprint density at radius 3 is 2.65 bits per heavy atom. The molecule has 40 heavy (non-hydrogen) atoms. The van der Waals surface area contributed by atoms with Gasteiger partial charge in [0.25, 0.3) is 0 Å². The third-order valence-electron chi connectivity index (χ3n) is 11.3. The van der Waals surface area contributed by atoms with Gasteiger partial charge in [0.1, 0.15) is 41.7 Å². The maximum Gasteiger partial charge on any atom is 0.338 e. The van der Waals surface area contributed by atoms with Crippen molar-refractivity contribution in [3.63, 3.8) is 0 Å². The third kappa shape index (κ3) is 2.94. The Kier molecular flexibility index (Phi) is 5.14. The molecule has 0 amide bonds. The van der Waals surface area contributed by atoms with E-state index in [9.17, 15) is 19.8 Å². The number of ether oxygens (including phenoxy) is 7. The third-order valence-corrected chi connectivity index (χ3v) is 11.3. The van der Waals surface area contributed by atoms with Crippen molar-refractivity contribution < 1.29 is 53.0 Å². The Hall–Kier alpha value is -2.12. The summed E-state index contributed by atoms with van der Waals surface area (Å²) in [5, 5.41) is 21.3. The smallest absolute Gasteiger partial charge is 0.338 e. The second-order valence-corrected chi connectivity index (χ2v) is 12.8. The highest BCUT2D eigenvalue weighted by atomic mass is 16.7. The summed E-state index contributed by atoms with van der Waals surface area (Å²) in [5.74, 6) is -1.07. The first-order valence-electron chi connectivity index (χ1n) is 14.2. The van der Waals surface area contributed by atoms with Crippen LogP contribution in [-0.2, 0) is 42.7 Å². The molecule has 11 heteroatoms. The molecule has 1 saturated carbocycles. The average molecular weight is 559 g/mol. The van der Waals surface area contributed by atoms with Gasteiger partial charge in [-0.1, -0.05) is 30.7 Å². The SMILES string of the molecule is CC1=C[C@H]2O[C@@H]3C[C@H]4OC(=O)/C=C\C=C[C@]56OCC[C@]7(O[C@@H]7C(=O)OC[C@@]2(CC1)[C@]4(C)[C@]31CO1)[C@H]5OC(O)C6O. The van der Waals surface area contributed by atoms with Gasteiger partial charge in [0.15, 0.2) is 12.4 Å². The lowest BCUT2D eigenvalue weighted by Gasteiger charge is -2.58. The Balaban J connectivity index is 1.22. The molecule has 8 rings (SSSR count). The second kappa shape index (κ2) is 8.03. The molecule has 6 aliphatic heterocycles. The normalized spacial score (nSPS) is 56.8. The van der Waals surface area contributed by atoms with Gasteiger partial charge in [-0.25, -0.2) is 9.59 Å². The van der Waals surface area contributed by atoms with Crippen LogP contribution >= 0.6 is 0 Å². The monoisotopic (exact) mass is 558 g/mol. The van der Waals surface area contributed by atoms with Gasteiger partial charge in [-0.05, 0) is 25.8 Å². The van der Waals surface area contributed by atoms with Crippen molar-refractivity contribution in [2.45, 2.75) is 99.2 Å². The number of hydrogen-bond donors (Lipinski definition) is 2. The lowest BCUT2D eigenvalue weighted by atomic mass is 9.51. The highest BCUT2D eigenvalue weighted by Gasteiger charge is 2.83. The summed E-state index contributed by atoms with van der Waals surface area (Å²) in [6.07, 6.45) is 4.33. The van der Waals surface area contributed by atoms with E-state index in [1.54, 1.807) is 12.2 Å². The molecule has 6 heterocycles. The average Bonchev–Trinajstić information content (AvgIpc) is 3.83. The van der Waals surface area contributed by atoms with Crippen molar-refractivity contribution in [1.82, 2.24) is 0 Å². The van der Waals surface area contributed by atoms with E-state index in [2.05, 4.69) is 19.9 Å². The highest BCUT2D eigenvalue weighted by molar-refractivity contribution is 5.82. The van der Waals surface area contributed by atoms with Crippen molar-refractivity contribution in [2.75, 3.05) is 19.8 Å². The molecule has 8 aliphatic rings. The summed E-state index contributed by atoms with van der Waals surface area (Å²) < 4.78 is 42.8. The lowest BCUT2D eigenvalue weighted by molar-refractivity contribution is -0.233. The number of allylic oxidation sites excluding steroid dienone is 3. The molecule has 0 aromatic heterocycles. The van der Waals surface area contributed by atoms with Crippen molar-refractivity contribution in [3.05, 3.63) is 36.0 Å². The predicted octanol–water partition coefficient (Wildman–Crippen LogP) is 0.615. The number of aliphatic hydroxyl groups is 2. The Morgan fingerprint density at radius 1 is 1.02 bits per heavy atom. The molecule has 2 unspecified atom stereocenters. The number of esters is 2. The van der Waals surface area contributed by atoms with Crippen LogP contribution in [0, 0.1) is 10.8 Å². The maximum absolute atomic E-state index is 13.7. The first kappa shape index (κ1) is 25.6. The van der Waals surface area contributed by atoms with E-state index in [1.807, 2.05) is 0 Å². The van der Waals surface area contributed by atoms with Gasteiger partial charge in [-0.3, -0.25) is 0 Å². The topological polar surface area (TPSA) is 146 Å². The Bertz CT molecular complexity index is 1250. The van der Waals surface area contributed by atoms with E-state index in [0.29, 0.717) is 25.9 Å². The van der Waals surface area contributed by atoms with E-state index >= 15 is 0 Å². The summed E-state index contributed by atoms with van der Waals surface area (Å²) in [6.45, 7) is 4.85. The van der Waals surface area contributed by atoms with Gasteiger partial charge < -0.3 is 43.4 Å². The maximum atomic E-state index is 13.7. The fourth-order valence-electron chi connectivity index (χ4n) is 8.86. The van der Waals surface area contributed by atoms with E-state index in [4.69, 9.17) is 33.2 Å². The number of hydrogen-bond acceptors (Lipinski definition) is 11. The minimum atomic E-state index is -1.54. The molecule has 2 aliphatic carbocycles. The zero-order valence-corrected chi connectivity index (χ0v) is 22.4. The molecule has 6 fully saturated rings. The van der Waals surface area contributed by atoms with Gasteiger partial charge in [-0.2, -0.15) is 0 Å². The van der Waals surface area contributed by atoms with Crippen molar-refractivity contribution in [3.8, 4) is 0 Å². The van der Waals surface area contributed by atoms with Crippen LogP contribution in [-0.4, -0.2) is 102 Å². The summed E-state index contributed by atoms with van der Waals surface area (Å²) in [7, 11) is 0. The predicted molar refractivity (Wildman–Crippen MR) is 132 cm³/mol. The number of epoxide rings is 2. The molecule has 12 atom stereocenters. The van der Waals surface area contributed by atoms with Gasteiger partial charge >= 0.3 is 11.9 Å². The van der Waals surface area contributed by atoms with Crippen LogP contribution in [0.5, 0.6) is 0 Å². The number of aliphatic hydroxyl groups excluding tert-OH is 2. The van der Waals surface area contributed by atoms with Crippen LogP contribution in [0.1, 0.15) is 39.5 Å². The van der Waals surface area contributed by atoms with Crippen molar-refractivity contribution in [1.29, 1.82) is 0 Å². The summed E-state index contributed by atoms with van der Waals surface area (Å²) in [6, 6.07) is 0. The van der Waals surface area contributed by atoms with Gasteiger partial charge in [-0.15, -0.1) is 0 Å². The standard InChI is InChI=1S/C29H34O11/c1-15-6-8-26-13-34-23(33)21-28(40-21)9-10-35-27(20(31)22(32)39-24(27)28)7-4-3-5-19(30)38-16-12-18(37-17(26)11-15)29(14-36-29)25(16,26)2/h3-5,7,11,16-18,20-22,24,31-32H,6,8-10,12-14H2,1-2H3/b5-3-,7-4?/t16-,17-,18-,20?,21-,22?,24+,25-,26-,27-,28-,29+/m1/s1. The number of carbonyl (C=O) groups excluding carboxylic acids is 2. The molecule has 2 N–H and O–H groups in total. The number of rotatable bonds is 0. The minimum Gasteiger partial charge on any atom is -0.463 e. The van der Waals surface area contributed by atoms with Gasteiger partial charge in [0, 0.05) is 24.3 Å². The first-order valence-corrected chi connectivity index (χ1v) is 14.2. The van der Waals surface area contributed by atoms with E-state index in [0.717, 1.165) is 6.42 Å². The van der Waals surface area contributed by atoms with Gasteiger partial charge in [0.2, 0.25) is 0 Å². The molecule has 0 aromatic carbocycles. The van der Waals surface area contributed by atoms with Crippen LogP contribution in [0.2, 0.25) is 0 Å². The van der Waals surface area contributed by atoms with Crippen molar-refractivity contribution in [2.24, 2.45) is 10.8 Å². The molecule has 4 bridgehead atoms. The largest absolute Gasteiger partial charge is 0.463 e. The van der Waals surface area contributed by atoms with E-state index < -0.39 is 70.3 Å². The fourth-order valence-corrected chi connectivity index (χ4v) is 8.86. The van der Waals surface area contributed by atoms with Gasteiger partial charge in [0.05, 0.1) is 30.8 Å². The molecular weight excluding hydrogens is 524 g/mol. The quantitative estimate of drug-likeness (QED) is 0.245. The summed E-state index contributed by atoms with van der Waals surface area (Å²) >= 11 is 0. The summed E-state index contributed by atoms with van der Waals surface area (Å²) in [4.78, 5) is 26.8. The first-order chi connectivity index (χ1) is 19.1. The molecule has 0 radical (unpaired) electrons. The Labute approximate surface area is 231 Å². The van der Waals surface area contributed by atoms with E-state index in [1.165, 1.54) is 17.7 Å². The molecule has 0 aromatic rings. The van der Waals surface area contributed by atoms with E-state index in [-0.39, 0.29) is 25.4 Å². The zero-order valence-electron chi connectivity index (χ0n) is 22.4. The highest BCUT2D eigenvalue weighted by Crippen LogP contribution is 2.72. The van der Waals surface area contributed by atoms with Crippen molar-refractivity contribution >= 4 is 11.9 Å². The molecule has 216 valence electrons. The Morgan fingerprint density at radius 2 is 1.85 bits per heavy atom. The van der Waals surface area contributed by atoms with Crippen LogP contribution < -0.4 is 0 Å². The van der Waals surface area contributed by atoms with Crippen LogP contribution in [0.25, 0.3) is 0 Å². The lowest BCUT2D eigenvalue weighted by Crippen LogP contribution is -2.67. The van der Waals surface area contributed by atoms with Crippen LogP contribution in [0.3, 0.4) is 0 Å². The summed E-state index contributed by atoms with van der Waals surface area (Å²) in [5.41, 5.74) is -3.37. The molecule has 3 spiro atoms. The zero-order chi connectivity index (χ0) is 27.7. The van der Waals surface area contributed by atoms with Crippen LogP contribution in [0.15, 0.2) is 36.0 Å².